The molecule has 0 amide bonds. The number of nitrogens with one attached hydrogen (secondary N) is 1. The Labute approximate surface area is 269 Å². The molecule has 0 saturated carbocycles. The van der Waals surface area contributed by atoms with Crippen molar-refractivity contribution in [2.45, 2.75) is 11.3 Å². The van der Waals surface area contributed by atoms with Crippen LogP contribution in [-0.4, -0.2) is 57.1 Å². The van der Waals surface area contributed by atoms with E-state index in [9.17, 15) is 38.9 Å². The van der Waals surface area contributed by atoms with Crippen molar-refractivity contribution >= 4 is 47.4 Å². The molecule has 0 bridgehead atoms. The van der Waals surface area contributed by atoms with Crippen LogP contribution in [0.3, 0.4) is 0 Å². The van der Waals surface area contributed by atoms with Gasteiger partial charge in [-0.1, -0.05) is 6.07 Å². The molecule has 0 aliphatic rings. The number of azo groups is 1. The minimum atomic E-state index is -4.68. The fourth-order valence-electron chi connectivity index (χ4n) is 2.24. The first-order valence-corrected chi connectivity index (χ1v) is 13.1. The maximum atomic E-state index is 11.1. The van der Waals surface area contributed by atoms with Gasteiger partial charge in [0.15, 0.2) is 0 Å². The predicted octanol–water partition coefficient (Wildman–Crippen LogP) is -7.75. The van der Waals surface area contributed by atoms with Gasteiger partial charge in [-0.05, 0) is 36.8 Å². The first-order chi connectivity index (χ1) is 14.7. The molecule has 2 aromatic rings. The van der Waals surface area contributed by atoms with Crippen molar-refractivity contribution in [3.8, 4) is 5.75 Å². The normalized spacial score (nSPS) is 11.6. The minimum Gasteiger partial charge on any atom is -0.748 e. The maximum Gasteiger partial charge on any atom is 1.00 e. The van der Waals surface area contributed by atoms with Gasteiger partial charge in [0.1, 0.15) is 31.9 Å². The number of nitrogens with zero attached hydrogens (tertiary/aromatic N) is 2. The number of hydrogen-bond acceptors (Lipinski definition) is 13. The Morgan fingerprint density at radius 3 is 1.94 bits per heavy atom. The average molecular weight is 575 g/mol. The Hall–Kier alpha value is 0.370. The van der Waals surface area contributed by atoms with Crippen molar-refractivity contribution in [1.29, 1.82) is 0 Å². The van der Waals surface area contributed by atoms with Crippen LogP contribution in [0.5, 0.6) is 5.75 Å². The van der Waals surface area contributed by atoms with E-state index in [1.807, 2.05) is 0 Å². The summed E-state index contributed by atoms with van der Waals surface area (Å²) >= 11 is 0. The van der Waals surface area contributed by atoms with E-state index < -0.39 is 46.9 Å². The average Bonchev–Trinajstić information content (AvgIpc) is 2.67. The van der Waals surface area contributed by atoms with Crippen molar-refractivity contribution in [2.75, 3.05) is 23.6 Å². The fraction of sp³-hybridized carbons (Fsp3) is 0.250. The number of rotatable bonds is 11. The van der Waals surface area contributed by atoms with Gasteiger partial charge < -0.3 is 23.7 Å². The van der Waals surface area contributed by atoms with Gasteiger partial charge in [0, 0.05) is 11.8 Å². The molecule has 0 aliphatic carbocycles. The molecule has 1 N–H and O–H groups in total. The summed E-state index contributed by atoms with van der Waals surface area (Å²) in [5.41, 5.74) is 0.292. The van der Waals surface area contributed by atoms with Gasteiger partial charge in [-0.3, -0.25) is 0 Å². The maximum absolute atomic E-state index is 11.1. The number of anilines is 1. The molecule has 2 rings (SSSR count). The van der Waals surface area contributed by atoms with E-state index in [1.54, 1.807) is 0 Å². The third kappa shape index (κ3) is 15.4. The van der Waals surface area contributed by atoms with Gasteiger partial charge in [-0.25, -0.2) is 25.3 Å². The molecule has 0 unspecified atom stereocenters. The summed E-state index contributed by atoms with van der Waals surface area (Å²) in [6, 6.07) is 8.77. The van der Waals surface area contributed by atoms with Gasteiger partial charge >= 0.3 is 88.7 Å². The Bertz CT molecular complexity index is 1320. The molecule has 0 saturated heterocycles. The van der Waals surface area contributed by atoms with Gasteiger partial charge in [0.25, 0.3) is 0 Å². The van der Waals surface area contributed by atoms with Crippen LogP contribution in [0.1, 0.15) is 6.42 Å². The zero-order valence-electron chi connectivity index (χ0n) is 19.1. The van der Waals surface area contributed by atoms with Crippen LogP contribution in [0.25, 0.3) is 0 Å². The summed E-state index contributed by atoms with van der Waals surface area (Å²) in [5.74, 6) is -1.64. The Balaban J connectivity index is 0. The summed E-state index contributed by atoms with van der Waals surface area (Å²) in [6.07, 6.45) is -0.146. The van der Waals surface area contributed by atoms with Crippen molar-refractivity contribution in [1.82, 2.24) is 0 Å². The molecule has 0 spiro atoms. The van der Waals surface area contributed by atoms with E-state index in [-0.39, 0.29) is 125 Å². The van der Waals surface area contributed by atoms with Gasteiger partial charge in [0.2, 0.25) is 0 Å². The molecule has 0 heterocycles. The molecular weight excluding hydrogens is 559 g/mol. The zero-order valence-corrected chi connectivity index (χ0v) is 27.5. The van der Waals surface area contributed by atoms with Crippen LogP contribution < -0.4 is 98.7 Å². The number of ether oxygens (including phenoxy) is 1. The summed E-state index contributed by atoms with van der Waals surface area (Å²) in [6.45, 7) is -0.218. The van der Waals surface area contributed by atoms with E-state index in [0.29, 0.717) is 0 Å². The summed E-state index contributed by atoms with van der Waals surface area (Å²) < 4.78 is 103. The summed E-state index contributed by atoms with van der Waals surface area (Å²) in [7, 11) is -13.7. The van der Waals surface area contributed by atoms with Gasteiger partial charge in [-0.15, -0.1) is 0 Å². The molecule has 0 aromatic heterocycles. The van der Waals surface area contributed by atoms with E-state index in [4.69, 9.17) is 4.74 Å². The van der Waals surface area contributed by atoms with E-state index >= 15 is 0 Å². The van der Waals surface area contributed by atoms with E-state index in [2.05, 4.69) is 15.5 Å². The Morgan fingerprint density at radius 2 is 1.40 bits per heavy atom. The third-order valence-electron chi connectivity index (χ3n) is 3.59. The summed E-state index contributed by atoms with van der Waals surface area (Å²) in [5, 5.41) is 10.0. The summed E-state index contributed by atoms with van der Waals surface area (Å²) in [4.78, 5) is -0.496. The molecule has 176 valence electrons. The van der Waals surface area contributed by atoms with Crippen molar-refractivity contribution in [3.05, 3.63) is 42.5 Å². The van der Waals surface area contributed by atoms with E-state index in [1.165, 1.54) is 30.3 Å². The second kappa shape index (κ2) is 16.4. The molecule has 0 radical (unpaired) electrons. The molecule has 0 fully saturated rings. The minimum absolute atomic E-state index is 0. The van der Waals surface area contributed by atoms with Crippen molar-refractivity contribution < 1.29 is 132 Å². The van der Waals surface area contributed by atoms with Crippen LogP contribution in [0.2, 0.25) is 0 Å². The van der Waals surface area contributed by atoms with E-state index in [0.717, 1.165) is 12.1 Å². The van der Waals surface area contributed by atoms with Crippen LogP contribution in [0.4, 0.5) is 17.1 Å². The largest absolute Gasteiger partial charge is 1.00 e. The first-order valence-electron chi connectivity index (χ1n) is 8.58. The molecule has 0 atom stereocenters. The van der Waals surface area contributed by atoms with Crippen LogP contribution in [-0.2, 0) is 30.4 Å². The third-order valence-corrected chi connectivity index (χ3v) is 5.71. The second-order valence-corrected chi connectivity index (χ2v) is 10.5. The molecule has 19 heteroatoms. The molecule has 0 aliphatic heterocycles. The topological polar surface area (TPSA) is 218 Å². The SMILES string of the molecule is O=S(=O)([O-])CCCOc1cc(N=Nc2cccc(S(=O)(=O)[O-])c2)ccc1NCS(=O)(=O)[O-].[Na+].[Na+].[Na+]. The Kier molecular flexibility index (Phi) is 17.5. The molecule has 13 nitrogen and oxygen atoms in total. The number of benzene rings is 2. The second-order valence-electron chi connectivity index (χ2n) is 6.17. The smallest absolute Gasteiger partial charge is 0.748 e. The van der Waals surface area contributed by atoms with Crippen molar-refractivity contribution in [2.24, 2.45) is 10.2 Å². The van der Waals surface area contributed by atoms with Crippen LogP contribution in [0.15, 0.2) is 57.6 Å². The molecule has 2 aromatic carbocycles. The Morgan fingerprint density at radius 1 is 0.800 bits per heavy atom. The molecular formula is C16H16N3Na3O10S3. The van der Waals surface area contributed by atoms with Crippen LogP contribution in [0, 0.1) is 0 Å². The standard InChI is InChI=1S/C16H19N3O10S3.3Na/c20-30(21,22)8-2-7-29-16-10-13(5-6-15(16)17-11-31(23,24)25)19-18-12-3-1-4-14(9-12)32(26,27)28;;;/h1,3-6,9-10,17H,2,7-8,11H2,(H,20,21,22)(H,23,24,25)(H,26,27,28);;;/q;3*+1/p-3. The van der Waals surface area contributed by atoms with Crippen molar-refractivity contribution in [3.63, 3.8) is 0 Å². The van der Waals surface area contributed by atoms with Gasteiger partial charge in [0.05, 0.1) is 38.7 Å². The zero-order chi connectivity index (χ0) is 24.0. The quantitative estimate of drug-likeness (QED) is 0.115. The monoisotopic (exact) mass is 575 g/mol. The van der Waals surface area contributed by atoms with Gasteiger partial charge in [-0.2, -0.15) is 10.2 Å². The molecule has 35 heavy (non-hydrogen) atoms. The first kappa shape index (κ1) is 37.5. The number of hydrogen-bond donors (Lipinski definition) is 1. The van der Waals surface area contributed by atoms with Crippen LogP contribution >= 0.6 is 0 Å². The predicted molar refractivity (Wildman–Crippen MR) is 108 cm³/mol. The fourth-order valence-corrected chi connectivity index (χ4v) is 3.55.